The quantitative estimate of drug-likeness (QED) is 0.566. The highest BCUT2D eigenvalue weighted by atomic mass is 19.1. The summed E-state index contributed by atoms with van der Waals surface area (Å²) in [7, 11) is 0. The van der Waals surface area contributed by atoms with E-state index in [4.69, 9.17) is 10.00 Å². The second-order valence-electron chi connectivity index (χ2n) is 5.25. The molecular weight excluding hydrogens is 335 g/mol. The topological polar surface area (TPSA) is 70.4 Å². The van der Waals surface area contributed by atoms with Crippen LogP contribution in [0.25, 0.3) is 6.08 Å². The van der Waals surface area contributed by atoms with Crippen LogP contribution < -0.4 is 4.90 Å². The number of nitriles is 1. The van der Waals surface area contributed by atoms with E-state index in [2.05, 4.69) is 0 Å². The third kappa shape index (κ3) is 5.56. The zero-order valence-electron chi connectivity index (χ0n) is 14.0. The molecule has 0 spiro atoms. The molecule has 0 atom stereocenters. The van der Waals surface area contributed by atoms with Crippen LogP contribution >= 0.6 is 0 Å². The van der Waals surface area contributed by atoms with Crippen molar-refractivity contribution >= 4 is 23.6 Å². The fourth-order valence-corrected chi connectivity index (χ4v) is 2.19. The summed E-state index contributed by atoms with van der Waals surface area (Å²) in [5.41, 5.74) is 0.862. The number of esters is 1. The number of hydrogen-bond donors (Lipinski definition) is 0. The molecule has 0 saturated carbocycles. The lowest BCUT2D eigenvalue weighted by Gasteiger charge is -2.21. The number of carbonyl (C=O) groups excluding carboxylic acids is 2. The fraction of sp³-hybridized carbons (Fsp3) is 0.150. The first-order valence-electron chi connectivity index (χ1n) is 7.93. The molecule has 0 bridgehead atoms. The van der Waals surface area contributed by atoms with Gasteiger partial charge in [0, 0.05) is 23.9 Å². The third-order valence-corrected chi connectivity index (χ3v) is 3.46. The Bertz CT molecular complexity index is 828. The normalized spacial score (nSPS) is 10.3. The first kappa shape index (κ1) is 18.9. The number of para-hydroxylation sites is 1. The summed E-state index contributed by atoms with van der Waals surface area (Å²) in [6.07, 6.45) is 2.50. The number of halogens is 1. The highest BCUT2D eigenvalue weighted by molar-refractivity contribution is 5.96. The molecule has 0 heterocycles. The van der Waals surface area contributed by atoms with E-state index in [9.17, 15) is 14.0 Å². The van der Waals surface area contributed by atoms with Gasteiger partial charge in [0.05, 0.1) is 12.5 Å². The number of ether oxygens (including phenoxy) is 1. The van der Waals surface area contributed by atoms with Crippen molar-refractivity contribution in [1.82, 2.24) is 0 Å². The van der Waals surface area contributed by atoms with E-state index in [0.717, 1.165) is 6.08 Å². The molecule has 0 saturated heterocycles. The number of hydrogen-bond acceptors (Lipinski definition) is 4. The fourth-order valence-electron chi connectivity index (χ4n) is 2.19. The van der Waals surface area contributed by atoms with Crippen LogP contribution in [-0.4, -0.2) is 25.0 Å². The summed E-state index contributed by atoms with van der Waals surface area (Å²) in [6.45, 7) is -0.275. The molecule has 0 aliphatic rings. The maximum Gasteiger partial charge on any atom is 0.331 e. The SMILES string of the molecule is N#CCCN(C(=O)COC(=O)/C=C/c1ccccc1F)c1ccccc1. The predicted octanol–water partition coefficient (Wildman–Crippen LogP) is 3.33. The van der Waals surface area contributed by atoms with Gasteiger partial charge in [0.2, 0.25) is 0 Å². The standard InChI is InChI=1S/C20H17FN2O3/c21-18-10-5-4-7-16(18)11-12-20(25)26-15-19(24)23(14-6-13-22)17-8-2-1-3-9-17/h1-5,7-12H,6,14-15H2/b12-11+. The number of carbonyl (C=O) groups is 2. The van der Waals surface area contributed by atoms with Gasteiger partial charge >= 0.3 is 5.97 Å². The molecule has 0 unspecified atom stereocenters. The Morgan fingerprint density at radius 3 is 2.50 bits per heavy atom. The average Bonchev–Trinajstić information content (AvgIpc) is 2.67. The number of rotatable bonds is 7. The lowest BCUT2D eigenvalue weighted by molar-refractivity contribution is -0.142. The summed E-state index contributed by atoms with van der Waals surface area (Å²) >= 11 is 0. The Labute approximate surface area is 150 Å². The number of benzene rings is 2. The molecule has 2 aromatic rings. The van der Waals surface area contributed by atoms with Gasteiger partial charge in [0.25, 0.3) is 5.91 Å². The third-order valence-electron chi connectivity index (χ3n) is 3.46. The van der Waals surface area contributed by atoms with Crippen molar-refractivity contribution in [2.75, 3.05) is 18.1 Å². The molecule has 0 radical (unpaired) electrons. The summed E-state index contributed by atoms with van der Waals surface area (Å²) in [6, 6.07) is 16.8. The van der Waals surface area contributed by atoms with Crippen LogP contribution in [0.4, 0.5) is 10.1 Å². The maximum atomic E-state index is 13.5. The molecule has 2 aromatic carbocycles. The molecule has 0 fully saturated rings. The van der Waals surface area contributed by atoms with E-state index < -0.39 is 24.3 Å². The Balaban J connectivity index is 1.95. The van der Waals surface area contributed by atoms with E-state index in [-0.39, 0.29) is 18.5 Å². The molecule has 5 nitrogen and oxygen atoms in total. The minimum atomic E-state index is -0.755. The zero-order chi connectivity index (χ0) is 18.8. The van der Waals surface area contributed by atoms with Gasteiger partial charge in [-0.05, 0) is 24.3 Å². The molecule has 0 aromatic heterocycles. The Kier molecular flexibility index (Phi) is 7.07. The van der Waals surface area contributed by atoms with Crippen LogP contribution in [0.2, 0.25) is 0 Å². The van der Waals surface area contributed by atoms with Gasteiger partial charge in [-0.15, -0.1) is 0 Å². The van der Waals surface area contributed by atoms with E-state index in [1.807, 2.05) is 12.1 Å². The van der Waals surface area contributed by atoms with Crippen molar-refractivity contribution in [2.24, 2.45) is 0 Å². The molecule has 6 heteroatoms. The lowest BCUT2D eigenvalue weighted by Crippen LogP contribution is -2.35. The summed E-state index contributed by atoms with van der Waals surface area (Å²) in [5.74, 6) is -1.66. The van der Waals surface area contributed by atoms with Gasteiger partial charge in [0.1, 0.15) is 5.82 Å². The van der Waals surface area contributed by atoms with Crippen molar-refractivity contribution in [2.45, 2.75) is 6.42 Å². The van der Waals surface area contributed by atoms with Gasteiger partial charge in [-0.25, -0.2) is 9.18 Å². The molecular formula is C20H17FN2O3. The van der Waals surface area contributed by atoms with Crippen molar-refractivity contribution in [1.29, 1.82) is 5.26 Å². The van der Waals surface area contributed by atoms with E-state index in [1.165, 1.54) is 23.1 Å². The Morgan fingerprint density at radius 2 is 1.81 bits per heavy atom. The second-order valence-corrected chi connectivity index (χ2v) is 5.25. The van der Waals surface area contributed by atoms with E-state index in [0.29, 0.717) is 5.69 Å². The first-order chi connectivity index (χ1) is 12.6. The van der Waals surface area contributed by atoms with E-state index >= 15 is 0 Å². The monoisotopic (exact) mass is 352 g/mol. The molecule has 2 rings (SSSR count). The molecule has 26 heavy (non-hydrogen) atoms. The van der Waals surface area contributed by atoms with Crippen LogP contribution in [0.1, 0.15) is 12.0 Å². The highest BCUT2D eigenvalue weighted by Crippen LogP contribution is 2.14. The highest BCUT2D eigenvalue weighted by Gasteiger charge is 2.16. The molecule has 0 aliphatic heterocycles. The van der Waals surface area contributed by atoms with Crippen LogP contribution in [0.5, 0.6) is 0 Å². The molecule has 1 amide bonds. The minimum Gasteiger partial charge on any atom is -0.452 e. The van der Waals surface area contributed by atoms with Crippen molar-refractivity contribution in [3.63, 3.8) is 0 Å². The van der Waals surface area contributed by atoms with Crippen LogP contribution in [0.15, 0.2) is 60.7 Å². The van der Waals surface area contributed by atoms with Crippen molar-refractivity contribution < 1.29 is 18.7 Å². The zero-order valence-corrected chi connectivity index (χ0v) is 14.0. The van der Waals surface area contributed by atoms with Crippen LogP contribution in [0, 0.1) is 17.1 Å². The Morgan fingerprint density at radius 1 is 1.12 bits per heavy atom. The lowest BCUT2D eigenvalue weighted by atomic mass is 10.2. The number of anilines is 1. The van der Waals surface area contributed by atoms with Gasteiger partial charge in [0.15, 0.2) is 6.61 Å². The van der Waals surface area contributed by atoms with Crippen molar-refractivity contribution in [3.8, 4) is 6.07 Å². The summed E-state index contributed by atoms with van der Waals surface area (Å²) in [5, 5.41) is 8.75. The molecule has 0 aliphatic carbocycles. The Hall–Kier alpha value is -3.46. The maximum absolute atomic E-state index is 13.5. The largest absolute Gasteiger partial charge is 0.452 e. The molecule has 132 valence electrons. The van der Waals surface area contributed by atoms with E-state index in [1.54, 1.807) is 36.4 Å². The van der Waals surface area contributed by atoms with Gasteiger partial charge in [-0.2, -0.15) is 5.26 Å². The predicted molar refractivity (Wildman–Crippen MR) is 95.4 cm³/mol. The average molecular weight is 352 g/mol. The van der Waals surface area contributed by atoms with Gasteiger partial charge in [-0.1, -0.05) is 36.4 Å². The van der Waals surface area contributed by atoms with Crippen LogP contribution in [0.3, 0.4) is 0 Å². The number of nitrogens with zero attached hydrogens (tertiary/aromatic N) is 2. The summed E-state index contributed by atoms with van der Waals surface area (Å²) in [4.78, 5) is 25.5. The second kappa shape index (κ2) is 9.74. The summed E-state index contributed by atoms with van der Waals surface area (Å²) < 4.78 is 18.4. The first-order valence-corrected chi connectivity index (χ1v) is 7.93. The van der Waals surface area contributed by atoms with Gasteiger partial charge < -0.3 is 9.64 Å². The smallest absolute Gasteiger partial charge is 0.331 e. The molecule has 0 N–H and O–H groups in total. The minimum absolute atomic E-state index is 0.155. The van der Waals surface area contributed by atoms with Gasteiger partial charge in [-0.3, -0.25) is 4.79 Å². The van der Waals surface area contributed by atoms with Crippen molar-refractivity contribution in [3.05, 3.63) is 72.1 Å². The number of amides is 1. The van der Waals surface area contributed by atoms with Crippen LogP contribution in [-0.2, 0) is 14.3 Å².